The fourth-order valence-corrected chi connectivity index (χ4v) is 4.24. The molecule has 11 heteroatoms. The van der Waals surface area contributed by atoms with E-state index in [1.807, 2.05) is 13.0 Å². The van der Waals surface area contributed by atoms with Crippen molar-refractivity contribution in [1.29, 1.82) is 5.26 Å². The number of rotatable bonds is 8. The van der Waals surface area contributed by atoms with Gasteiger partial charge in [-0.2, -0.15) is 10.2 Å². The van der Waals surface area contributed by atoms with Crippen LogP contribution in [0.3, 0.4) is 0 Å². The number of halogens is 1. The lowest BCUT2D eigenvalue weighted by atomic mass is 10.0. The highest BCUT2D eigenvalue weighted by Gasteiger charge is 2.18. The second-order valence-electron chi connectivity index (χ2n) is 8.26. The number of benzene rings is 1. The molecule has 0 spiro atoms. The summed E-state index contributed by atoms with van der Waals surface area (Å²) in [5, 5.41) is 20.8. The zero-order valence-corrected chi connectivity index (χ0v) is 20.1. The van der Waals surface area contributed by atoms with Crippen molar-refractivity contribution in [3.8, 4) is 6.07 Å². The Hall–Kier alpha value is -3.44. The number of aryl methyl sites for hydroxylation is 1. The van der Waals surface area contributed by atoms with E-state index in [1.165, 1.54) is 10.7 Å². The second kappa shape index (κ2) is 10.7. The van der Waals surface area contributed by atoms with Crippen LogP contribution in [0.15, 0.2) is 18.3 Å². The van der Waals surface area contributed by atoms with Crippen LogP contribution in [0.1, 0.15) is 24.5 Å². The zero-order chi connectivity index (χ0) is 24.1. The van der Waals surface area contributed by atoms with Crippen LogP contribution in [0.4, 0.5) is 23.3 Å². The van der Waals surface area contributed by atoms with Crippen molar-refractivity contribution in [2.24, 2.45) is 0 Å². The lowest BCUT2D eigenvalue weighted by molar-refractivity contribution is 0.153. The highest BCUT2D eigenvalue weighted by molar-refractivity contribution is 6.34. The van der Waals surface area contributed by atoms with Gasteiger partial charge in [-0.1, -0.05) is 23.3 Å². The van der Waals surface area contributed by atoms with E-state index in [0.29, 0.717) is 34.3 Å². The number of anilines is 3. The molecule has 0 radical (unpaired) electrons. The van der Waals surface area contributed by atoms with Crippen LogP contribution < -0.4 is 10.6 Å². The average Bonchev–Trinajstić information content (AvgIpc) is 3.26. The molecule has 2 aromatic heterocycles. The van der Waals surface area contributed by atoms with Crippen LogP contribution in [-0.2, 0) is 6.42 Å². The maximum atomic E-state index is 9.57. The Kier molecular flexibility index (Phi) is 7.43. The van der Waals surface area contributed by atoms with Gasteiger partial charge in [-0.05, 0) is 51.1 Å². The highest BCUT2D eigenvalue weighted by atomic mass is 35.5. The number of likely N-dealkylation sites (N-methyl/N-ethyl adjacent to an activating group) is 1. The summed E-state index contributed by atoms with van der Waals surface area (Å²) in [5.74, 6) is 1.04. The summed E-state index contributed by atoms with van der Waals surface area (Å²) < 4.78 is 1.44. The number of imidazole rings is 1. The summed E-state index contributed by atoms with van der Waals surface area (Å²) in [6.07, 6.45) is 3.18. The van der Waals surface area contributed by atoms with Gasteiger partial charge in [0.15, 0.2) is 5.82 Å². The maximum Gasteiger partial charge on any atom is 0.275 e. The van der Waals surface area contributed by atoms with Crippen molar-refractivity contribution < 1.29 is 0 Å². The maximum absolute atomic E-state index is 9.57. The molecule has 1 aliphatic heterocycles. The number of nitrogens with one attached hydrogen (secondary N) is 2. The molecule has 0 unspecified atom stereocenters. The first-order valence-corrected chi connectivity index (χ1v) is 11.7. The lowest BCUT2D eigenvalue weighted by Gasteiger charge is -2.32. The van der Waals surface area contributed by atoms with Gasteiger partial charge in [-0.15, -0.1) is 4.52 Å². The van der Waals surface area contributed by atoms with E-state index in [2.05, 4.69) is 53.5 Å². The Bertz CT molecular complexity index is 1250. The van der Waals surface area contributed by atoms with Crippen LogP contribution in [-0.4, -0.2) is 75.7 Å². The van der Waals surface area contributed by atoms with Gasteiger partial charge in [0.2, 0.25) is 0 Å². The van der Waals surface area contributed by atoms with Gasteiger partial charge in [0.25, 0.3) is 17.4 Å². The van der Waals surface area contributed by atoms with Crippen LogP contribution in [0, 0.1) is 17.9 Å². The minimum absolute atomic E-state index is 0.256. The van der Waals surface area contributed by atoms with Crippen molar-refractivity contribution in [3.05, 3.63) is 45.9 Å². The molecule has 1 aromatic carbocycles. The van der Waals surface area contributed by atoms with E-state index in [-0.39, 0.29) is 11.8 Å². The normalized spacial score (nSPS) is 14.6. The van der Waals surface area contributed by atoms with Gasteiger partial charge >= 0.3 is 0 Å². The van der Waals surface area contributed by atoms with Crippen LogP contribution in [0.2, 0.25) is 5.02 Å². The Morgan fingerprint density at radius 1 is 1.26 bits per heavy atom. The summed E-state index contributed by atoms with van der Waals surface area (Å²) in [6, 6.07) is 5.75. The Balaban J connectivity index is 1.56. The Morgan fingerprint density at radius 2 is 2.06 bits per heavy atom. The molecular weight excluding hydrogens is 452 g/mol. The standard InChI is InChI=1S/C23H27ClN10/c1-4-27-21-22-28-15-19(26-2)34(22)31-23(30-21)29-18-13-16(14-25)12-17(20(18)24)6-5-7-33-10-8-32(3)9-11-33/h12-13,15H,4-11H2,1,3H3,(H2,27,29,30,31). The van der Waals surface area contributed by atoms with Gasteiger partial charge < -0.3 is 25.3 Å². The topological polar surface area (TPSA) is 102 Å². The number of nitriles is 1. The molecule has 3 heterocycles. The van der Waals surface area contributed by atoms with Gasteiger partial charge in [-0.3, -0.25) is 0 Å². The number of nitrogens with zero attached hydrogens (tertiary/aromatic N) is 8. The second-order valence-corrected chi connectivity index (χ2v) is 8.64. The molecule has 4 rings (SSSR count). The predicted molar refractivity (Wildman–Crippen MR) is 133 cm³/mol. The lowest BCUT2D eigenvalue weighted by Crippen LogP contribution is -2.44. The first-order chi connectivity index (χ1) is 16.5. The first-order valence-electron chi connectivity index (χ1n) is 11.3. The molecule has 0 bridgehead atoms. The third kappa shape index (κ3) is 5.20. The Labute approximate surface area is 204 Å². The SMILES string of the molecule is [C-]#[N+]c1cnc2c(NCC)nc(Nc3cc(C#N)cc(CCCN4CCN(C)CC4)c3Cl)nn12. The summed E-state index contributed by atoms with van der Waals surface area (Å²) >= 11 is 6.75. The number of piperazine rings is 1. The quantitative estimate of drug-likeness (QED) is 0.474. The summed E-state index contributed by atoms with van der Waals surface area (Å²) in [5.41, 5.74) is 2.45. The highest BCUT2D eigenvalue weighted by Crippen LogP contribution is 2.31. The largest absolute Gasteiger partial charge is 0.365 e. The molecular formula is C23H27ClN10. The van der Waals surface area contributed by atoms with Crippen LogP contribution in [0.5, 0.6) is 0 Å². The minimum Gasteiger partial charge on any atom is -0.365 e. The van der Waals surface area contributed by atoms with Gasteiger partial charge in [0, 0.05) is 32.7 Å². The monoisotopic (exact) mass is 478 g/mol. The molecule has 0 aliphatic carbocycles. The van der Waals surface area contributed by atoms with Crippen LogP contribution >= 0.6 is 11.6 Å². The van der Waals surface area contributed by atoms with E-state index < -0.39 is 0 Å². The number of hydrogen-bond donors (Lipinski definition) is 2. The number of fused-ring (bicyclic) bond motifs is 1. The number of hydrogen-bond acceptors (Lipinski definition) is 8. The third-order valence-electron chi connectivity index (χ3n) is 5.84. The Morgan fingerprint density at radius 3 is 2.76 bits per heavy atom. The smallest absolute Gasteiger partial charge is 0.275 e. The van der Waals surface area contributed by atoms with E-state index in [4.69, 9.17) is 18.2 Å². The minimum atomic E-state index is 0.256. The third-order valence-corrected chi connectivity index (χ3v) is 6.29. The van der Waals surface area contributed by atoms with Gasteiger partial charge in [0.1, 0.15) is 0 Å². The van der Waals surface area contributed by atoms with Crippen molar-refractivity contribution in [3.63, 3.8) is 0 Å². The first kappa shape index (κ1) is 23.7. The average molecular weight is 479 g/mol. The van der Waals surface area contributed by atoms with Crippen LogP contribution in [0.25, 0.3) is 10.5 Å². The molecule has 0 amide bonds. The van der Waals surface area contributed by atoms with Crippen molar-refractivity contribution in [2.45, 2.75) is 19.8 Å². The van der Waals surface area contributed by atoms with E-state index in [0.717, 1.165) is 51.1 Å². The summed E-state index contributed by atoms with van der Waals surface area (Å²) in [4.78, 5) is 17.0. The number of aromatic nitrogens is 4. The molecule has 1 saturated heterocycles. The van der Waals surface area contributed by atoms with E-state index in [1.54, 1.807) is 6.07 Å². The molecule has 1 fully saturated rings. The van der Waals surface area contributed by atoms with Gasteiger partial charge in [0.05, 0.1) is 28.5 Å². The van der Waals surface area contributed by atoms with E-state index >= 15 is 0 Å². The van der Waals surface area contributed by atoms with Crippen molar-refractivity contribution in [2.75, 3.05) is 56.9 Å². The summed E-state index contributed by atoms with van der Waals surface area (Å²) in [7, 11) is 2.15. The molecule has 1 aliphatic rings. The van der Waals surface area contributed by atoms with Gasteiger partial charge in [-0.25, -0.2) is 4.98 Å². The predicted octanol–water partition coefficient (Wildman–Crippen LogP) is 3.56. The molecule has 0 saturated carbocycles. The van der Waals surface area contributed by atoms with E-state index in [9.17, 15) is 5.26 Å². The molecule has 2 N–H and O–H groups in total. The van der Waals surface area contributed by atoms with Crippen molar-refractivity contribution in [1.82, 2.24) is 29.4 Å². The fraction of sp³-hybridized carbons (Fsp3) is 0.435. The molecule has 34 heavy (non-hydrogen) atoms. The molecule has 3 aromatic rings. The molecule has 176 valence electrons. The zero-order valence-electron chi connectivity index (χ0n) is 19.3. The molecule has 0 atom stereocenters. The fourth-order valence-electron chi connectivity index (χ4n) is 3.99. The summed E-state index contributed by atoms with van der Waals surface area (Å²) in [6.45, 7) is 15.3. The molecule has 10 nitrogen and oxygen atoms in total. The van der Waals surface area contributed by atoms with Crippen molar-refractivity contribution >= 4 is 40.5 Å².